The van der Waals surface area contributed by atoms with E-state index in [1.165, 1.54) is 5.19 Å². The molecule has 0 unspecified atom stereocenters. The molecule has 0 radical (unpaired) electrons. The topological polar surface area (TPSA) is 27.7 Å². The molecule has 90 valence electrons. The summed E-state index contributed by atoms with van der Waals surface area (Å²) >= 11 is 0. The minimum Gasteiger partial charge on any atom is -0.418 e. The summed E-state index contributed by atoms with van der Waals surface area (Å²) in [5, 5.41) is 1.35. The van der Waals surface area contributed by atoms with Crippen molar-refractivity contribution in [3.05, 3.63) is 30.3 Å². The third-order valence-electron chi connectivity index (χ3n) is 2.12. The van der Waals surface area contributed by atoms with Gasteiger partial charge in [-0.3, -0.25) is 0 Å². The summed E-state index contributed by atoms with van der Waals surface area (Å²) in [7, 11) is 1.14. The van der Waals surface area contributed by atoms with Crippen LogP contribution in [0.15, 0.2) is 30.3 Å². The van der Waals surface area contributed by atoms with Crippen molar-refractivity contribution in [3.8, 4) is 0 Å². The minimum absolute atomic E-state index is 0.536. The smallest absolute Gasteiger partial charge is 0.192 e. The predicted molar refractivity (Wildman–Crippen MR) is 67.9 cm³/mol. The summed E-state index contributed by atoms with van der Waals surface area (Å²) in [6.07, 6.45) is 0.962. The number of ether oxygens (including phenoxy) is 2. The van der Waals surface area contributed by atoms with Crippen molar-refractivity contribution in [2.24, 2.45) is 0 Å². The average molecular weight is 240 g/mol. The van der Waals surface area contributed by atoms with Crippen LogP contribution in [0.2, 0.25) is 0 Å². The van der Waals surface area contributed by atoms with Gasteiger partial charge in [0.2, 0.25) is 0 Å². The molecular weight excluding hydrogens is 220 g/mol. The monoisotopic (exact) mass is 240 g/mol. The van der Waals surface area contributed by atoms with Gasteiger partial charge in [-0.15, -0.1) is 0 Å². The maximum absolute atomic E-state index is 5.65. The van der Waals surface area contributed by atoms with Gasteiger partial charge in [0.25, 0.3) is 0 Å². The molecule has 1 aromatic rings. The number of hydrogen-bond donors (Lipinski definition) is 0. The molecule has 0 fully saturated rings. The zero-order valence-corrected chi connectivity index (χ0v) is 11.3. The van der Waals surface area contributed by atoms with Crippen molar-refractivity contribution >= 4 is 14.9 Å². The van der Waals surface area contributed by atoms with Crippen LogP contribution >= 0.6 is 0 Å². The Morgan fingerprint density at radius 1 is 1.00 bits per heavy atom. The highest BCUT2D eigenvalue weighted by molar-refractivity contribution is 6.46. The Morgan fingerprint density at radius 3 is 2.56 bits per heavy atom. The largest absolute Gasteiger partial charge is 0.418 e. The summed E-state index contributed by atoms with van der Waals surface area (Å²) < 4.78 is 15.9. The van der Waals surface area contributed by atoms with Crippen LogP contribution in [0.5, 0.6) is 0 Å². The second-order valence-corrected chi connectivity index (χ2v) is 5.01. The number of benzene rings is 1. The molecule has 0 saturated heterocycles. The number of methoxy groups -OCH3 is 1. The van der Waals surface area contributed by atoms with Crippen molar-refractivity contribution in [1.29, 1.82) is 0 Å². The Kier molecular flexibility index (Phi) is 7.98. The van der Waals surface area contributed by atoms with Gasteiger partial charge in [0.05, 0.1) is 13.2 Å². The van der Waals surface area contributed by atoms with Crippen molar-refractivity contribution < 1.29 is 13.9 Å². The lowest BCUT2D eigenvalue weighted by Gasteiger charge is -2.05. The first-order chi connectivity index (χ1) is 7.93. The van der Waals surface area contributed by atoms with Crippen LogP contribution < -0.4 is 5.19 Å². The Hall–Kier alpha value is -0.683. The van der Waals surface area contributed by atoms with Crippen molar-refractivity contribution in [2.75, 3.05) is 33.5 Å². The molecule has 0 aliphatic rings. The highest BCUT2D eigenvalue weighted by Crippen LogP contribution is 1.86. The highest BCUT2D eigenvalue weighted by Gasteiger charge is 1.93. The van der Waals surface area contributed by atoms with E-state index in [0.717, 1.165) is 19.6 Å². The average Bonchev–Trinajstić information content (AvgIpc) is 2.34. The molecule has 0 spiro atoms. The molecule has 0 bridgehead atoms. The Bertz CT molecular complexity index is 254. The molecule has 0 saturated carbocycles. The summed E-state index contributed by atoms with van der Waals surface area (Å²) in [5.74, 6) is 0. The van der Waals surface area contributed by atoms with Crippen molar-refractivity contribution in [2.45, 2.75) is 6.42 Å². The molecule has 0 N–H and O–H groups in total. The molecule has 0 amide bonds. The summed E-state index contributed by atoms with van der Waals surface area (Å²) in [5.41, 5.74) is 0. The van der Waals surface area contributed by atoms with E-state index in [1.54, 1.807) is 7.11 Å². The molecule has 0 aliphatic heterocycles. The van der Waals surface area contributed by atoms with E-state index >= 15 is 0 Å². The van der Waals surface area contributed by atoms with Crippen LogP contribution in [-0.2, 0) is 13.9 Å². The van der Waals surface area contributed by atoms with Crippen molar-refractivity contribution in [1.82, 2.24) is 0 Å². The first-order valence-corrected chi connectivity index (χ1v) is 6.90. The number of rotatable bonds is 9. The Morgan fingerprint density at radius 2 is 1.81 bits per heavy atom. The van der Waals surface area contributed by atoms with Gasteiger partial charge < -0.3 is 13.9 Å². The predicted octanol–water partition coefficient (Wildman–Crippen LogP) is 0.465. The molecule has 0 aliphatic carbocycles. The van der Waals surface area contributed by atoms with Crippen LogP contribution in [0.4, 0.5) is 0 Å². The van der Waals surface area contributed by atoms with Gasteiger partial charge in [0.1, 0.15) is 0 Å². The van der Waals surface area contributed by atoms with E-state index in [2.05, 4.69) is 24.3 Å². The van der Waals surface area contributed by atoms with Crippen molar-refractivity contribution in [3.63, 3.8) is 0 Å². The molecule has 16 heavy (non-hydrogen) atoms. The lowest BCUT2D eigenvalue weighted by Crippen LogP contribution is -2.18. The molecule has 4 heteroatoms. The fourth-order valence-electron chi connectivity index (χ4n) is 1.27. The molecule has 0 atom stereocenters. The second kappa shape index (κ2) is 9.54. The van der Waals surface area contributed by atoms with Gasteiger partial charge in [-0.2, -0.15) is 0 Å². The zero-order chi connectivity index (χ0) is 11.5. The van der Waals surface area contributed by atoms with Crippen LogP contribution in [0.1, 0.15) is 6.42 Å². The van der Waals surface area contributed by atoms with Gasteiger partial charge in [0, 0.05) is 20.3 Å². The van der Waals surface area contributed by atoms with E-state index < -0.39 is 9.76 Å². The maximum Gasteiger partial charge on any atom is 0.192 e. The second-order valence-electron chi connectivity index (χ2n) is 3.50. The molecule has 3 nitrogen and oxygen atoms in total. The van der Waals surface area contributed by atoms with Gasteiger partial charge in [0.15, 0.2) is 9.76 Å². The Balaban J connectivity index is 1.89. The maximum atomic E-state index is 5.65. The molecule has 0 aromatic heterocycles. The fraction of sp³-hybridized carbons (Fsp3) is 0.500. The molecule has 1 rings (SSSR count). The van der Waals surface area contributed by atoms with E-state index in [9.17, 15) is 0 Å². The van der Waals surface area contributed by atoms with Crippen LogP contribution in [0, 0.1) is 0 Å². The normalized spacial score (nSPS) is 11.3. The standard InChI is InChI=1S/C12H20O3Si/c1-13-10-11-14-8-5-9-15-16-12-6-3-2-4-7-12/h2-4,6-7H,5,8-11,16H2,1H3. The highest BCUT2D eigenvalue weighted by atomic mass is 28.2. The summed E-state index contributed by atoms with van der Waals surface area (Å²) in [6.45, 7) is 2.90. The van der Waals surface area contributed by atoms with Gasteiger partial charge in [-0.05, 0) is 11.6 Å². The van der Waals surface area contributed by atoms with E-state index in [0.29, 0.717) is 13.2 Å². The fourth-order valence-corrected chi connectivity index (χ4v) is 2.32. The van der Waals surface area contributed by atoms with E-state index in [4.69, 9.17) is 13.9 Å². The molecule has 1 aromatic carbocycles. The molecule has 0 heterocycles. The van der Waals surface area contributed by atoms with Crippen LogP contribution in [0.3, 0.4) is 0 Å². The molecular formula is C12H20O3Si. The summed E-state index contributed by atoms with van der Waals surface area (Å²) in [4.78, 5) is 0. The number of hydrogen-bond acceptors (Lipinski definition) is 3. The quantitative estimate of drug-likeness (QED) is 0.464. The first-order valence-electron chi connectivity index (χ1n) is 5.62. The van der Waals surface area contributed by atoms with Gasteiger partial charge in [-0.25, -0.2) is 0 Å². The SMILES string of the molecule is COCCOCCCO[SiH2]c1ccccc1. The van der Waals surface area contributed by atoms with Crippen LogP contribution in [0.25, 0.3) is 0 Å². The van der Waals surface area contributed by atoms with Crippen LogP contribution in [-0.4, -0.2) is 43.3 Å². The minimum atomic E-state index is -0.536. The lowest BCUT2D eigenvalue weighted by atomic mass is 10.4. The third kappa shape index (κ3) is 6.74. The lowest BCUT2D eigenvalue weighted by molar-refractivity contribution is 0.0647. The third-order valence-corrected chi connectivity index (χ3v) is 3.42. The Labute approximate surface area is 99.7 Å². The summed E-state index contributed by atoms with van der Waals surface area (Å²) in [6, 6.07) is 10.4. The zero-order valence-electron chi connectivity index (χ0n) is 9.85. The van der Waals surface area contributed by atoms with Gasteiger partial charge in [-0.1, -0.05) is 30.3 Å². The van der Waals surface area contributed by atoms with Gasteiger partial charge >= 0.3 is 0 Å². The van der Waals surface area contributed by atoms with E-state index in [-0.39, 0.29) is 0 Å². The first kappa shape index (κ1) is 13.4. The van der Waals surface area contributed by atoms with E-state index in [1.807, 2.05) is 6.07 Å².